The first-order chi connectivity index (χ1) is 10.4. The van der Waals surface area contributed by atoms with Gasteiger partial charge in [-0.1, -0.05) is 12.8 Å². The van der Waals surface area contributed by atoms with Crippen molar-refractivity contribution in [3.8, 4) is 0 Å². The number of carbonyl (C=O) groups is 2. The maximum Gasteiger partial charge on any atom is 0.416 e. The van der Waals surface area contributed by atoms with Crippen molar-refractivity contribution in [2.24, 2.45) is 11.8 Å². The number of ketones is 1. The average molecular weight is 311 g/mol. The summed E-state index contributed by atoms with van der Waals surface area (Å²) < 4.78 is 38.5. The lowest BCUT2D eigenvalue weighted by atomic mass is 9.79. The van der Waals surface area contributed by atoms with Crippen LogP contribution in [0, 0.1) is 11.8 Å². The fourth-order valence-corrected chi connectivity index (χ4v) is 3.49. The van der Waals surface area contributed by atoms with E-state index in [1.807, 2.05) is 0 Å². The van der Waals surface area contributed by atoms with E-state index in [1.165, 1.54) is 6.07 Å². The van der Waals surface area contributed by atoms with E-state index in [9.17, 15) is 22.8 Å². The Morgan fingerprint density at radius 1 is 1.18 bits per heavy atom. The standard InChI is InChI=1S/C16H16F3NO2/c17-16(18,19)10-5-6-13-12(7-10)15(22)11-4-2-1-3-9(8-21)14(11)20-13/h5-9,11,14,20H,1-4H2. The Balaban J connectivity index is 2.02. The number of hydrogen-bond donors (Lipinski definition) is 1. The van der Waals surface area contributed by atoms with Gasteiger partial charge in [-0.15, -0.1) is 0 Å². The number of alkyl halides is 3. The molecule has 0 aromatic heterocycles. The van der Waals surface area contributed by atoms with Crippen LogP contribution in [0.4, 0.5) is 18.9 Å². The summed E-state index contributed by atoms with van der Waals surface area (Å²) in [5.74, 6) is -0.973. The first-order valence-corrected chi connectivity index (χ1v) is 7.39. The molecule has 1 heterocycles. The first kappa shape index (κ1) is 15.1. The van der Waals surface area contributed by atoms with Gasteiger partial charge in [0.15, 0.2) is 5.78 Å². The summed E-state index contributed by atoms with van der Waals surface area (Å²) in [5.41, 5.74) is -0.337. The molecule has 0 amide bonds. The van der Waals surface area contributed by atoms with Gasteiger partial charge in [-0.25, -0.2) is 0 Å². The van der Waals surface area contributed by atoms with E-state index in [1.54, 1.807) is 0 Å². The van der Waals surface area contributed by atoms with Crippen LogP contribution in [0.2, 0.25) is 0 Å². The van der Waals surface area contributed by atoms with Crippen molar-refractivity contribution in [3.05, 3.63) is 29.3 Å². The normalized spacial score (nSPS) is 28.1. The third-order valence-electron chi connectivity index (χ3n) is 4.64. The second-order valence-corrected chi connectivity index (χ2v) is 5.98. The van der Waals surface area contributed by atoms with Gasteiger partial charge in [-0.2, -0.15) is 13.2 Å². The Hall–Kier alpha value is -1.85. The molecule has 1 fully saturated rings. The molecular formula is C16H16F3NO2. The Bertz CT molecular complexity index is 612. The quantitative estimate of drug-likeness (QED) is 0.805. The van der Waals surface area contributed by atoms with E-state index in [0.717, 1.165) is 31.3 Å². The first-order valence-electron chi connectivity index (χ1n) is 7.39. The number of hydrogen-bond acceptors (Lipinski definition) is 3. The minimum absolute atomic E-state index is 0.0858. The van der Waals surface area contributed by atoms with Crippen LogP contribution < -0.4 is 5.32 Å². The van der Waals surface area contributed by atoms with Gasteiger partial charge >= 0.3 is 6.18 Å². The highest BCUT2D eigenvalue weighted by Gasteiger charge is 2.41. The van der Waals surface area contributed by atoms with Crippen molar-refractivity contribution in [1.82, 2.24) is 0 Å². The highest BCUT2D eigenvalue weighted by Crippen LogP contribution is 2.40. The molecule has 6 heteroatoms. The number of halogens is 3. The van der Waals surface area contributed by atoms with Crippen LogP contribution in [0.1, 0.15) is 41.6 Å². The van der Waals surface area contributed by atoms with Crippen LogP contribution in [-0.4, -0.2) is 18.1 Å². The average Bonchev–Trinajstić information content (AvgIpc) is 2.68. The number of Topliss-reactive ketones (excluding diaryl/α,β-unsaturated/α-hetero) is 1. The second-order valence-electron chi connectivity index (χ2n) is 5.98. The zero-order chi connectivity index (χ0) is 15.9. The van der Waals surface area contributed by atoms with Crippen LogP contribution >= 0.6 is 0 Å². The molecule has 2 aliphatic rings. The van der Waals surface area contributed by atoms with E-state index in [4.69, 9.17) is 0 Å². The summed E-state index contributed by atoms with van der Waals surface area (Å²) in [4.78, 5) is 23.9. The highest BCUT2D eigenvalue weighted by atomic mass is 19.4. The Kier molecular flexibility index (Phi) is 3.70. The molecule has 1 N–H and O–H groups in total. The third-order valence-corrected chi connectivity index (χ3v) is 4.64. The molecular weight excluding hydrogens is 295 g/mol. The zero-order valence-corrected chi connectivity index (χ0v) is 11.8. The molecule has 1 aromatic carbocycles. The predicted molar refractivity (Wildman–Crippen MR) is 74.7 cm³/mol. The van der Waals surface area contributed by atoms with E-state index in [-0.39, 0.29) is 23.3 Å². The van der Waals surface area contributed by atoms with Crippen molar-refractivity contribution in [1.29, 1.82) is 0 Å². The molecule has 0 saturated heterocycles. The molecule has 1 saturated carbocycles. The van der Waals surface area contributed by atoms with Crippen molar-refractivity contribution >= 4 is 17.8 Å². The Labute approximate surface area is 125 Å². The number of nitrogens with one attached hydrogen (secondary N) is 1. The van der Waals surface area contributed by atoms with Gasteiger partial charge in [0.25, 0.3) is 0 Å². The van der Waals surface area contributed by atoms with Gasteiger partial charge in [0.2, 0.25) is 0 Å². The molecule has 3 nitrogen and oxygen atoms in total. The summed E-state index contributed by atoms with van der Waals surface area (Å²) in [6.45, 7) is 0. The van der Waals surface area contributed by atoms with Crippen LogP contribution in [0.5, 0.6) is 0 Å². The maximum atomic E-state index is 12.8. The van der Waals surface area contributed by atoms with Gasteiger partial charge in [0, 0.05) is 29.1 Å². The fourth-order valence-electron chi connectivity index (χ4n) is 3.49. The van der Waals surface area contributed by atoms with Crippen molar-refractivity contribution in [3.63, 3.8) is 0 Å². The largest absolute Gasteiger partial charge is 0.416 e. The number of carbonyl (C=O) groups excluding carboxylic acids is 2. The van der Waals surface area contributed by atoms with E-state index >= 15 is 0 Å². The van der Waals surface area contributed by atoms with Crippen LogP contribution in [-0.2, 0) is 11.0 Å². The summed E-state index contributed by atoms with van der Waals surface area (Å²) in [5, 5.41) is 3.13. The van der Waals surface area contributed by atoms with Gasteiger partial charge in [-0.05, 0) is 31.0 Å². The molecule has 0 bridgehead atoms. The molecule has 1 aliphatic heterocycles. The minimum Gasteiger partial charge on any atom is -0.380 e. The van der Waals surface area contributed by atoms with Crippen LogP contribution in [0.15, 0.2) is 18.2 Å². The molecule has 118 valence electrons. The lowest BCUT2D eigenvalue weighted by molar-refractivity contribution is -0.137. The van der Waals surface area contributed by atoms with Gasteiger partial charge in [0.1, 0.15) is 6.29 Å². The SMILES string of the molecule is O=CC1CCCCC2C(=O)c3cc(C(F)(F)F)ccc3NC12. The number of fused-ring (bicyclic) bond motifs is 2. The topological polar surface area (TPSA) is 46.2 Å². The van der Waals surface area contributed by atoms with Gasteiger partial charge in [0.05, 0.1) is 5.56 Å². The number of anilines is 1. The molecule has 3 rings (SSSR count). The highest BCUT2D eigenvalue weighted by molar-refractivity contribution is 6.05. The summed E-state index contributed by atoms with van der Waals surface area (Å²) in [6, 6.07) is 2.86. The third kappa shape index (κ3) is 2.51. The lowest BCUT2D eigenvalue weighted by Gasteiger charge is -2.35. The Morgan fingerprint density at radius 2 is 1.91 bits per heavy atom. The monoisotopic (exact) mass is 311 g/mol. The lowest BCUT2D eigenvalue weighted by Crippen LogP contribution is -2.44. The molecule has 0 spiro atoms. The van der Waals surface area contributed by atoms with E-state index < -0.39 is 17.7 Å². The number of aldehydes is 1. The summed E-state index contributed by atoms with van der Waals surface area (Å²) >= 11 is 0. The van der Waals surface area contributed by atoms with Crippen LogP contribution in [0.3, 0.4) is 0 Å². The summed E-state index contributed by atoms with van der Waals surface area (Å²) in [7, 11) is 0. The van der Waals surface area contributed by atoms with E-state index in [2.05, 4.69) is 5.32 Å². The summed E-state index contributed by atoms with van der Waals surface area (Å²) in [6.07, 6.45) is -0.626. The molecule has 3 unspecified atom stereocenters. The van der Waals surface area contributed by atoms with Crippen molar-refractivity contribution in [2.75, 3.05) is 5.32 Å². The van der Waals surface area contributed by atoms with Crippen LogP contribution in [0.25, 0.3) is 0 Å². The molecule has 1 aliphatic carbocycles. The predicted octanol–water partition coefficient (Wildman–Crippen LogP) is 3.69. The molecule has 1 aromatic rings. The molecule has 0 radical (unpaired) electrons. The minimum atomic E-state index is -4.47. The number of rotatable bonds is 1. The molecule has 3 atom stereocenters. The van der Waals surface area contributed by atoms with Gasteiger partial charge in [-0.3, -0.25) is 4.79 Å². The maximum absolute atomic E-state index is 12.8. The molecule has 22 heavy (non-hydrogen) atoms. The second kappa shape index (κ2) is 5.41. The van der Waals surface area contributed by atoms with Crippen molar-refractivity contribution < 1.29 is 22.8 Å². The zero-order valence-electron chi connectivity index (χ0n) is 11.8. The fraction of sp³-hybridized carbons (Fsp3) is 0.500. The van der Waals surface area contributed by atoms with E-state index in [0.29, 0.717) is 18.5 Å². The van der Waals surface area contributed by atoms with Crippen molar-refractivity contribution in [2.45, 2.75) is 37.9 Å². The van der Waals surface area contributed by atoms with Gasteiger partial charge < -0.3 is 10.1 Å². The number of benzene rings is 1. The smallest absolute Gasteiger partial charge is 0.380 e. The Morgan fingerprint density at radius 3 is 2.59 bits per heavy atom.